The standard InChI is InChI=1S/C17H14F3N3O/c1-24-10-13-9-15(14-3-2-8-21-16(14)23-13)22-12-6-4-11(5-7-12)17(18,19)20/h2-9H,10H2,1H3,(H,21,22,23). The lowest BCUT2D eigenvalue weighted by atomic mass is 10.1. The minimum absolute atomic E-state index is 0.314. The SMILES string of the molecule is COCc1cc(Nc2ccc(C(F)(F)F)cc2)c2cccnc2n1. The quantitative estimate of drug-likeness (QED) is 0.761. The number of fused-ring (bicyclic) bond motifs is 1. The van der Waals surface area contributed by atoms with Gasteiger partial charge in [0.15, 0.2) is 5.65 Å². The van der Waals surface area contributed by atoms with Crippen molar-refractivity contribution in [2.45, 2.75) is 12.8 Å². The molecule has 0 aliphatic heterocycles. The minimum Gasteiger partial charge on any atom is -0.378 e. The molecule has 4 nitrogen and oxygen atoms in total. The van der Waals surface area contributed by atoms with Gasteiger partial charge in [-0.2, -0.15) is 13.2 Å². The first-order chi connectivity index (χ1) is 11.5. The number of halogens is 3. The topological polar surface area (TPSA) is 47.0 Å². The Kier molecular flexibility index (Phi) is 4.35. The van der Waals surface area contributed by atoms with E-state index in [0.717, 1.165) is 17.5 Å². The molecule has 0 fully saturated rings. The van der Waals surface area contributed by atoms with Gasteiger partial charge in [0.1, 0.15) is 0 Å². The summed E-state index contributed by atoms with van der Waals surface area (Å²) in [5.74, 6) is 0. The van der Waals surface area contributed by atoms with Crippen LogP contribution in [0.1, 0.15) is 11.3 Å². The van der Waals surface area contributed by atoms with E-state index in [0.29, 0.717) is 29.3 Å². The lowest BCUT2D eigenvalue weighted by Crippen LogP contribution is -2.04. The summed E-state index contributed by atoms with van der Waals surface area (Å²) < 4.78 is 43.0. The zero-order valence-corrected chi connectivity index (χ0v) is 12.8. The van der Waals surface area contributed by atoms with E-state index in [-0.39, 0.29) is 0 Å². The Bertz CT molecular complexity index is 848. The number of anilines is 2. The molecule has 2 aromatic heterocycles. The normalized spacial score (nSPS) is 11.7. The number of alkyl halides is 3. The van der Waals surface area contributed by atoms with E-state index in [9.17, 15) is 13.2 Å². The molecule has 0 saturated heterocycles. The Hall–Kier alpha value is -2.67. The summed E-state index contributed by atoms with van der Waals surface area (Å²) in [6.07, 6.45) is -2.72. The number of hydrogen-bond acceptors (Lipinski definition) is 4. The second-order valence-corrected chi connectivity index (χ2v) is 5.17. The number of ether oxygens (including phenoxy) is 1. The highest BCUT2D eigenvalue weighted by Gasteiger charge is 2.29. The van der Waals surface area contributed by atoms with Gasteiger partial charge >= 0.3 is 6.18 Å². The Morgan fingerprint density at radius 3 is 2.54 bits per heavy atom. The van der Waals surface area contributed by atoms with Crippen molar-refractivity contribution < 1.29 is 17.9 Å². The summed E-state index contributed by atoms with van der Waals surface area (Å²) in [7, 11) is 1.56. The van der Waals surface area contributed by atoms with Crippen molar-refractivity contribution in [1.82, 2.24) is 9.97 Å². The van der Waals surface area contributed by atoms with Crippen LogP contribution >= 0.6 is 0 Å². The summed E-state index contributed by atoms with van der Waals surface area (Å²) in [6, 6.07) is 10.3. The van der Waals surface area contributed by atoms with E-state index < -0.39 is 11.7 Å². The summed E-state index contributed by atoms with van der Waals surface area (Å²) in [5.41, 5.74) is 1.79. The average molecular weight is 333 g/mol. The molecule has 0 radical (unpaired) electrons. The molecule has 0 aliphatic carbocycles. The highest BCUT2D eigenvalue weighted by atomic mass is 19.4. The molecule has 0 unspecified atom stereocenters. The van der Waals surface area contributed by atoms with Crippen LogP contribution in [0.2, 0.25) is 0 Å². The van der Waals surface area contributed by atoms with Crippen LogP contribution in [-0.2, 0) is 17.5 Å². The van der Waals surface area contributed by atoms with E-state index >= 15 is 0 Å². The van der Waals surface area contributed by atoms with Crippen molar-refractivity contribution in [1.29, 1.82) is 0 Å². The molecule has 0 saturated carbocycles. The fourth-order valence-electron chi connectivity index (χ4n) is 2.33. The molecule has 0 aliphatic rings. The Morgan fingerprint density at radius 1 is 1.12 bits per heavy atom. The molecule has 0 atom stereocenters. The van der Waals surface area contributed by atoms with Gasteiger partial charge in [0, 0.05) is 24.4 Å². The van der Waals surface area contributed by atoms with Crippen molar-refractivity contribution >= 4 is 22.4 Å². The number of benzene rings is 1. The van der Waals surface area contributed by atoms with E-state index in [1.807, 2.05) is 6.07 Å². The number of aromatic nitrogens is 2. The number of hydrogen-bond donors (Lipinski definition) is 1. The largest absolute Gasteiger partial charge is 0.416 e. The molecular formula is C17H14F3N3O. The number of methoxy groups -OCH3 is 1. The molecule has 0 bridgehead atoms. The summed E-state index contributed by atoms with van der Waals surface area (Å²) in [4.78, 5) is 8.61. The maximum Gasteiger partial charge on any atom is 0.416 e. The van der Waals surface area contributed by atoms with E-state index in [2.05, 4.69) is 15.3 Å². The zero-order chi connectivity index (χ0) is 17.2. The number of rotatable bonds is 4. The van der Waals surface area contributed by atoms with Crippen LogP contribution < -0.4 is 5.32 Å². The van der Waals surface area contributed by atoms with Gasteiger partial charge in [-0.25, -0.2) is 9.97 Å². The van der Waals surface area contributed by atoms with Gasteiger partial charge in [0.2, 0.25) is 0 Å². The van der Waals surface area contributed by atoms with Crippen molar-refractivity contribution in [2.24, 2.45) is 0 Å². The molecule has 1 aromatic carbocycles. The number of nitrogens with zero attached hydrogens (tertiary/aromatic N) is 2. The molecule has 7 heteroatoms. The van der Waals surface area contributed by atoms with Crippen LogP contribution in [0.25, 0.3) is 11.0 Å². The minimum atomic E-state index is -4.35. The molecule has 3 aromatic rings. The maximum atomic E-state index is 12.6. The third-order valence-corrected chi connectivity index (χ3v) is 3.42. The summed E-state index contributed by atoms with van der Waals surface area (Å²) in [6.45, 7) is 0.314. The maximum absolute atomic E-state index is 12.6. The van der Waals surface area contributed by atoms with Gasteiger partial charge < -0.3 is 10.1 Å². The van der Waals surface area contributed by atoms with Crippen LogP contribution in [0.4, 0.5) is 24.5 Å². The second-order valence-electron chi connectivity index (χ2n) is 5.17. The predicted molar refractivity (Wildman–Crippen MR) is 85.0 cm³/mol. The first kappa shape index (κ1) is 16.2. The smallest absolute Gasteiger partial charge is 0.378 e. The zero-order valence-electron chi connectivity index (χ0n) is 12.8. The Morgan fingerprint density at radius 2 is 1.88 bits per heavy atom. The van der Waals surface area contributed by atoms with Crippen molar-refractivity contribution in [3.8, 4) is 0 Å². The average Bonchev–Trinajstić information content (AvgIpc) is 2.55. The van der Waals surface area contributed by atoms with E-state index in [4.69, 9.17) is 4.74 Å². The highest BCUT2D eigenvalue weighted by Crippen LogP contribution is 2.31. The summed E-state index contributed by atoms with van der Waals surface area (Å²) >= 11 is 0. The molecule has 1 N–H and O–H groups in total. The van der Waals surface area contributed by atoms with Gasteiger partial charge in [-0.15, -0.1) is 0 Å². The van der Waals surface area contributed by atoms with Crippen LogP contribution in [0, 0.1) is 0 Å². The molecule has 2 heterocycles. The fraction of sp³-hybridized carbons (Fsp3) is 0.176. The third-order valence-electron chi connectivity index (χ3n) is 3.42. The molecule has 0 spiro atoms. The summed E-state index contributed by atoms with van der Waals surface area (Å²) in [5, 5.41) is 3.90. The van der Waals surface area contributed by atoms with Crippen LogP contribution in [0.3, 0.4) is 0 Å². The molecular weight excluding hydrogens is 319 g/mol. The van der Waals surface area contributed by atoms with Gasteiger partial charge in [0.25, 0.3) is 0 Å². The first-order valence-corrected chi connectivity index (χ1v) is 7.15. The molecule has 24 heavy (non-hydrogen) atoms. The van der Waals surface area contributed by atoms with Crippen LogP contribution in [0.5, 0.6) is 0 Å². The van der Waals surface area contributed by atoms with Crippen molar-refractivity contribution in [3.05, 3.63) is 59.9 Å². The predicted octanol–water partition coefficient (Wildman–Crippen LogP) is 4.54. The van der Waals surface area contributed by atoms with Gasteiger partial charge in [-0.05, 0) is 42.5 Å². The molecule has 3 rings (SSSR count). The fourth-order valence-corrected chi connectivity index (χ4v) is 2.33. The third kappa shape index (κ3) is 3.46. The monoisotopic (exact) mass is 333 g/mol. The molecule has 124 valence electrons. The number of pyridine rings is 2. The highest BCUT2D eigenvalue weighted by molar-refractivity contribution is 5.91. The van der Waals surface area contributed by atoms with Crippen LogP contribution in [0.15, 0.2) is 48.7 Å². The Balaban J connectivity index is 1.97. The van der Waals surface area contributed by atoms with Crippen molar-refractivity contribution in [3.63, 3.8) is 0 Å². The number of nitrogens with one attached hydrogen (secondary N) is 1. The van der Waals surface area contributed by atoms with E-state index in [1.54, 1.807) is 25.4 Å². The molecule has 0 amide bonds. The first-order valence-electron chi connectivity index (χ1n) is 7.15. The lowest BCUT2D eigenvalue weighted by molar-refractivity contribution is -0.137. The van der Waals surface area contributed by atoms with E-state index in [1.165, 1.54) is 12.1 Å². The Labute approximate surface area is 136 Å². The van der Waals surface area contributed by atoms with Gasteiger partial charge in [-0.3, -0.25) is 0 Å². The van der Waals surface area contributed by atoms with Gasteiger partial charge in [0.05, 0.1) is 23.6 Å². The van der Waals surface area contributed by atoms with Crippen LogP contribution in [-0.4, -0.2) is 17.1 Å². The second kappa shape index (κ2) is 6.45. The van der Waals surface area contributed by atoms with Gasteiger partial charge in [-0.1, -0.05) is 0 Å². The lowest BCUT2D eigenvalue weighted by Gasteiger charge is -2.12. The van der Waals surface area contributed by atoms with Crippen molar-refractivity contribution in [2.75, 3.05) is 12.4 Å².